The van der Waals surface area contributed by atoms with Gasteiger partial charge in [0.1, 0.15) is 5.82 Å². The predicted octanol–water partition coefficient (Wildman–Crippen LogP) is 1.84. The minimum absolute atomic E-state index is 0.341. The molecule has 84 valence electrons. The monoisotopic (exact) mass is 223 g/mol. The SMILES string of the molecule is NC[C@@H](O)c1ccc(F)cc1C(F)(F)F. The number of benzene rings is 1. The predicted molar refractivity (Wildman–Crippen MR) is 45.4 cm³/mol. The highest BCUT2D eigenvalue weighted by atomic mass is 19.4. The van der Waals surface area contributed by atoms with E-state index in [0.29, 0.717) is 6.07 Å². The van der Waals surface area contributed by atoms with Gasteiger partial charge in [-0.25, -0.2) is 4.39 Å². The lowest BCUT2D eigenvalue weighted by Gasteiger charge is -2.16. The molecular weight excluding hydrogens is 214 g/mol. The van der Waals surface area contributed by atoms with Crippen LogP contribution in [0.5, 0.6) is 0 Å². The summed E-state index contributed by atoms with van der Waals surface area (Å²) in [5.74, 6) is -1.00. The van der Waals surface area contributed by atoms with Crippen molar-refractivity contribution in [2.45, 2.75) is 12.3 Å². The summed E-state index contributed by atoms with van der Waals surface area (Å²) in [6.07, 6.45) is -6.14. The molecule has 0 aliphatic rings. The number of hydrogen-bond donors (Lipinski definition) is 2. The molecule has 0 heterocycles. The molecule has 0 amide bonds. The van der Waals surface area contributed by atoms with Gasteiger partial charge in [0.25, 0.3) is 0 Å². The van der Waals surface area contributed by atoms with Gasteiger partial charge in [-0.05, 0) is 17.7 Å². The van der Waals surface area contributed by atoms with E-state index in [0.717, 1.165) is 12.1 Å². The van der Waals surface area contributed by atoms with Crippen molar-refractivity contribution in [3.05, 3.63) is 35.1 Å². The number of halogens is 4. The molecule has 0 saturated carbocycles. The fourth-order valence-electron chi connectivity index (χ4n) is 1.19. The molecule has 2 nitrogen and oxygen atoms in total. The van der Waals surface area contributed by atoms with Crippen LogP contribution in [0.3, 0.4) is 0 Å². The average molecular weight is 223 g/mol. The third-order valence-corrected chi connectivity index (χ3v) is 1.90. The summed E-state index contributed by atoms with van der Waals surface area (Å²) in [6, 6.07) is 2.08. The summed E-state index contributed by atoms with van der Waals surface area (Å²) in [5.41, 5.74) is 3.44. The summed E-state index contributed by atoms with van der Waals surface area (Å²) in [4.78, 5) is 0. The molecule has 1 rings (SSSR count). The summed E-state index contributed by atoms with van der Waals surface area (Å²) < 4.78 is 49.9. The van der Waals surface area contributed by atoms with Crippen molar-refractivity contribution in [2.75, 3.05) is 6.54 Å². The van der Waals surface area contributed by atoms with Gasteiger partial charge in [-0.15, -0.1) is 0 Å². The van der Waals surface area contributed by atoms with Crippen LogP contribution in [0.2, 0.25) is 0 Å². The van der Waals surface area contributed by atoms with Crippen molar-refractivity contribution >= 4 is 0 Å². The molecule has 0 aliphatic carbocycles. The lowest BCUT2D eigenvalue weighted by molar-refractivity contribution is -0.139. The van der Waals surface area contributed by atoms with Crippen LogP contribution in [0.25, 0.3) is 0 Å². The molecule has 1 aromatic carbocycles. The second-order valence-electron chi connectivity index (χ2n) is 2.98. The van der Waals surface area contributed by atoms with Crippen LogP contribution in [0, 0.1) is 5.82 Å². The van der Waals surface area contributed by atoms with Crippen LogP contribution in [0.4, 0.5) is 17.6 Å². The standard InChI is InChI=1S/C9H9F4NO/c10-5-1-2-6(8(15)4-14)7(3-5)9(11,12)13/h1-3,8,15H,4,14H2/t8-/m1/s1. The van der Waals surface area contributed by atoms with Crippen LogP contribution in [0.15, 0.2) is 18.2 Å². The van der Waals surface area contributed by atoms with Gasteiger partial charge in [0, 0.05) is 6.54 Å². The summed E-state index contributed by atoms with van der Waals surface area (Å²) in [6.45, 7) is -0.352. The van der Waals surface area contributed by atoms with Gasteiger partial charge in [0.15, 0.2) is 0 Å². The molecule has 3 N–H and O–H groups in total. The minimum atomic E-state index is -4.70. The maximum absolute atomic E-state index is 12.6. The first kappa shape index (κ1) is 11.9. The maximum atomic E-state index is 12.6. The molecule has 15 heavy (non-hydrogen) atoms. The van der Waals surface area contributed by atoms with Gasteiger partial charge in [-0.2, -0.15) is 13.2 Å². The topological polar surface area (TPSA) is 46.2 Å². The minimum Gasteiger partial charge on any atom is -0.387 e. The van der Waals surface area contributed by atoms with Crippen LogP contribution < -0.4 is 5.73 Å². The molecular formula is C9H9F4NO. The molecule has 6 heteroatoms. The van der Waals surface area contributed by atoms with E-state index in [2.05, 4.69) is 0 Å². The van der Waals surface area contributed by atoms with Crippen molar-refractivity contribution in [1.82, 2.24) is 0 Å². The van der Waals surface area contributed by atoms with E-state index in [4.69, 9.17) is 5.73 Å². The van der Waals surface area contributed by atoms with E-state index >= 15 is 0 Å². The Hall–Kier alpha value is -1.14. The zero-order chi connectivity index (χ0) is 11.6. The van der Waals surface area contributed by atoms with E-state index in [1.54, 1.807) is 0 Å². The fourth-order valence-corrected chi connectivity index (χ4v) is 1.19. The quantitative estimate of drug-likeness (QED) is 0.751. The Balaban J connectivity index is 3.27. The first-order chi connectivity index (χ1) is 6.86. The smallest absolute Gasteiger partial charge is 0.387 e. The molecule has 0 unspecified atom stereocenters. The number of alkyl halides is 3. The zero-order valence-electron chi connectivity index (χ0n) is 7.55. The molecule has 1 atom stereocenters. The Labute approximate surface area is 83.3 Å². The lowest BCUT2D eigenvalue weighted by Crippen LogP contribution is -2.17. The second-order valence-corrected chi connectivity index (χ2v) is 2.98. The molecule has 0 saturated heterocycles. The van der Waals surface area contributed by atoms with Crippen molar-refractivity contribution in [2.24, 2.45) is 5.73 Å². The molecule has 0 bridgehead atoms. The third kappa shape index (κ3) is 2.66. The summed E-state index contributed by atoms with van der Waals surface area (Å²) in [5, 5.41) is 9.22. The van der Waals surface area contributed by atoms with Crippen molar-refractivity contribution < 1.29 is 22.7 Å². The first-order valence-corrected chi connectivity index (χ1v) is 4.11. The Bertz CT molecular complexity index is 350. The van der Waals surface area contributed by atoms with Crippen LogP contribution in [0.1, 0.15) is 17.2 Å². The molecule has 0 fully saturated rings. The van der Waals surface area contributed by atoms with Gasteiger partial charge in [-0.1, -0.05) is 6.07 Å². The molecule has 1 aromatic rings. The van der Waals surface area contributed by atoms with Crippen LogP contribution in [-0.4, -0.2) is 11.7 Å². The summed E-state index contributed by atoms with van der Waals surface area (Å²) >= 11 is 0. The number of aliphatic hydroxyl groups excluding tert-OH is 1. The number of nitrogens with two attached hydrogens (primary N) is 1. The highest BCUT2D eigenvalue weighted by molar-refractivity contribution is 5.32. The van der Waals surface area contributed by atoms with Crippen molar-refractivity contribution in [3.8, 4) is 0 Å². The molecule has 0 aliphatic heterocycles. The van der Waals surface area contributed by atoms with E-state index < -0.39 is 29.2 Å². The number of rotatable bonds is 2. The Morgan fingerprint density at radius 3 is 2.40 bits per heavy atom. The van der Waals surface area contributed by atoms with E-state index in [1.807, 2.05) is 0 Å². The van der Waals surface area contributed by atoms with Crippen molar-refractivity contribution in [1.29, 1.82) is 0 Å². The van der Waals surface area contributed by atoms with E-state index in [1.165, 1.54) is 0 Å². The number of aliphatic hydroxyl groups is 1. The summed E-state index contributed by atoms with van der Waals surface area (Å²) in [7, 11) is 0. The van der Waals surface area contributed by atoms with Crippen molar-refractivity contribution in [3.63, 3.8) is 0 Å². The Morgan fingerprint density at radius 2 is 1.93 bits per heavy atom. The van der Waals surface area contributed by atoms with Gasteiger partial charge >= 0.3 is 6.18 Å². The Morgan fingerprint density at radius 1 is 1.33 bits per heavy atom. The zero-order valence-corrected chi connectivity index (χ0v) is 7.55. The second kappa shape index (κ2) is 4.16. The lowest BCUT2D eigenvalue weighted by atomic mass is 10.0. The van der Waals surface area contributed by atoms with Gasteiger partial charge in [-0.3, -0.25) is 0 Å². The highest BCUT2D eigenvalue weighted by Gasteiger charge is 2.35. The average Bonchev–Trinajstić information content (AvgIpc) is 2.15. The number of hydrogen-bond acceptors (Lipinski definition) is 2. The van der Waals surface area contributed by atoms with Crippen LogP contribution in [-0.2, 0) is 6.18 Å². The van der Waals surface area contributed by atoms with Gasteiger partial charge in [0.05, 0.1) is 11.7 Å². The first-order valence-electron chi connectivity index (χ1n) is 4.11. The van der Waals surface area contributed by atoms with Gasteiger partial charge < -0.3 is 10.8 Å². The molecule has 0 spiro atoms. The fraction of sp³-hybridized carbons (Fsp3) is 0.333. The van der Waals surface area contributed by atoms with Gasteiger partial charge in [0.2, 0.25) is 0 Å². The Kier molecular flexibility index (Phi) is 3.31. The van der Waals surface area contributed by atoms with E-state index in [9.17, 15) is 22.7 Å². The van der Waals surface area contributed by atoms with Crippen LogP contribution >= 0.6 is 0 Å². The highest BCUT2D eigenvalue weighted by Crippen LogP contribution is 2.34. The largest absolute Gasteiger partial charge is 0.416 e. The third-order valence-electron chi connectivity index (χ3n) is 1.90. The molecule has 0 aromatic heterocycles. The molecule has 0 radical (unpaired) electrons. The normalized spacial score (nSPS) is 14.0. The maximum Gasteiger partial charge on any atom is 0.416 e. The van der Waals surface area contributed by atoms with E-state index in [-0.39, 0.29) is 6.54 Å².